The van der Waals surface area contributed by atoms with Crippen molar-refractivity contribution >= 4 is 23.5 Å². The maximum absolute atomic E-state index is 12.5. The van der Waals surface area contributed by atoms with Crippen LogP contribution >= 0.6 is 0 Å². The van der Waals surface area contributed by atoms with Crippen molar-refractivity contribution < 1.29 is 24.2 Å². The number of hydrogen-bond donors (Lipinski definition) is 3. The Morgan fingerprint density at radius 1 is 1.20 bits per heavy atom. The number of anilines is 1. The first-order valence-corrected chi connectivity index (χ1v) is 8.28. The minimum atomic E-state index is -0.977. The topological polar surface area (TPSA) is 105 Å². The van der Waals surface area contributed by atoms with Crippen molar-refractivity contribution in [3.05, 3.63) is 23.8 Å². The van der Waals surface area contributed by atoms with E-state index in [4.69, 9.17) is 4.74 Å². The Morgan fingerprint density at radius 2 is 1.88 bits per heavy atom. The van der Waals surface area contributed by atoms with Crippen LogP contribution in [0.5, 0.6) is 5.75 Å². The molecule has 2 aliphatic carbocycles. The summed E-state index contributed by atoms with van der Waals surface area (Å²) in [6.45, 7) is 3.51. The van der Waals surface area contributed by atoms with Crippen LogP contribution in [-0.2, 0) is 9.59 Å². The summed E-state index contributed by atoms with van der Waals surface area (Å²) in [7, 11) is 1.47. The summed E-state index contributed by atoms with van der Waals surface area (Å²) in [5, 5.41) is 14.8. The average Bonchev–Trinajstić information content (AvgIpc) is 3.43. The zero-order valence-electron chi connectivity index (χ0n) is 14.5. The number of carbonyl (C=O) groups is 3. The van der Waals surface area contributed by atoms with E-state index in [9.17, 15) is 19.5 Å². The molecule has 2 saturated carbocycles. The van der Waals surface area contributed by atoms with Crippen molar-refractivity contribution in [2.75, 3.05) is 12.4 Å². The van der Waals surface area contributed by atoms with Crippen LogP contribution in [0.15, 0.2) is 18.2 Å². The number of aliphatic carboxylic acids is 1. The second-order valence-corrected chi connectivity index (χ2v) is 7.27. The smallest absolute Gasteiger partial charge is 0.307 e. The Hall–Kier alpha value is -2.57. The average molecular weight is 346 g/mol. The first kappa shape index (κ1) is 17.3. The van der Waals surface area contributed by atoms with Gasteiger partial charge in [0.1, 0.15) is 5.75 Å². The Labute approximate surface area is 145 Å². The number of hydrogen-bond acceptors (Lipinski definition) is 4. The Bertz CT molecular complexity index is 739. The second kappa shape index (κ2) is 6.06. The number of methoxy groups -OCH3 is 1. The number of ether oxygens (including phenoxy) is 1. The Balaban J connectivity index is 1.77. The summed E-state index contributed by atoms with van der Waals surface area (Å²) < 4.78 is 5.24. The minimum absolute atomic E-state index is 0.198. The largest absolute Gasteiger partial charge is 0.495 e. The fraction of sp³-hybridized carbons (Fsp3) is 0.500. The minimum Gasteiger partial charge on any atom is -0.495 e. The van der Waals surface area contributed by atoms with Crippen LogP contribution in [0.1, 0.15) is 37.0 Å². The third kappa shape index (κ3) is 3.31. The van der Waals surface area contributed by atoms with Gasteiger partial charge in [0.15, 0.2) is 0 Å². The lowest BCUT2D eigenvalue weighted by Gasteiger charge is -2.13. The highest BCUT2D eigenvalue weighted by Crippen LogP contribution is 2.58. The summed E-state index contributed by atoms with van der Waals surface area (Å²) in [6, 6.07) is 5.04. The van der Waals surface area contributed by atoms with E-state index in [0.717, 1.165) is 12.8 Å². The molecule has 134 valence electrons. The predicted molar refractivity (Wildman–Crippen MR) is 90.5 cm³/mol. The lowest BCUT2D eigenvalue weighted by molar-refractivity contribution is -0.140. The van der Waals surface area contributed by atoms with Crippen LogP contribution in [0.3, 0.4) is 0 Å². The summed E-state index contributed by atoms with van der Waals surface area (Å²) in [5.74, 6) is -2.46. The molecular weight excluding hydrogens is 324 g/mol. The molecule has 1 aromatic carbocycles. The lowest BCUT2D eigenvalue weighted by Crippen LogP contribution is -2.25. The number of carboxylic acid groups (broad SMARTS) is 1. The SMILES string of the molecule is COc1ccc(C(=O)NC2CC2)cc1NC(=O)[C@@H]1[C@@H](C(=O)O)C1(C)C. The molecule has 7 heteroatoms. The van der Waals surface area contributed by atoms with Gasteiger partial charge in [0.05, 0.1) is 24.6 Å². The molecule has 0 unspecified atom stereocenters. The number of carboxylic acids is 1. The molecule has 0 aromatic heterocycles. The second-order valence-electron chi connectivity index (χ2n) is 7.27. The molecule has 2 atom stereocenters. The van der Waals surface area contributed by atoms with Gasteiger partial charge in [-0.1, -0.05) is 13.8 Å². The molecule has 0 heterocycles. The highest BCUT2D eigenvalue weighted by molar-refractivity contribution is 6.02. The molecule has 0 saturated heterocycles. The number of benzene rings is 1. The number of rotatable bonds is 6. The van der Waals surface area contributed by atoms with Gasteiger partial charge in [-0.25, -0.2) is 0 Å². The maximum atomic E-state index is 12.5. The molecule has 0 spiro atoms. The van der Waals surface area contributed by atoms with Gasteiger partial charge < -0.3 is 20.5 Å². The van der Waals surface area contributed by atoms with Crippen molar-refractivity contribution in [3.8, 4) is 5.75 Å². The van der Waals surface area contributed by atoms with Gasteiger partial charge in [-0.05, 0) is 36.5 Å². The third-order valence-corrected chi connectivity index (χ3v) is 5.01. The molecule has 2 amide bonds. The fourth-order valence-corrected chi connectivity index (χ4v) is 3.24. The normalized spacial score (nSPS) is 23.5. The number of amides is 2. The summed E-state index contributed by atoms with van der Waals surface area (Å²) in [6.07, 6.45) is 1.97. The van der Waals surface area contributed by atoms with Crippen molar-refractivity contribution in [2.24, 2.45) is 17.3 Å². The third-order valence-electron chi connectivity index (χ3n) is 5.01. The molecule has 2 fully saturated rings. The van der Waals surface area contributed by atoms with E-state index in [-0.39, 0.29) is 17.9 Å². The summed E-state index contributed by atoms with van der Waals surface area (Å²) >= 11 is 0. The molecule has 3 N–H and O–H groups in total. The van der Waals surface area contributed by atoms with Gasteiger partial charge in [0.2, 0.25) is 5.91 Å². The quantitative estimate of drug-likeness (QED) is 0.729. The van der Waals surface area contributed by atoms with Crippen molar-refractivity contribution in [1.82, 2.24) is 5.32 Å². The van der Waals surface area contributed by atoms with E-state index in [1.165, 1.54) is 7.11 Å². The van der Waals surface area contributed by atoms with Crippen molar-refractivity contribution in [2.45, 2.75) is 32.7 Å². The van der Waals surface area contributed by atoms with Crippen LogP contribution in [0, 0.1) is 17.3 Å². The van der Waals surface area contributed by atoms with Gasteiger partial charge in [0, 0.05) is 11.6 Å². The van der Waals surface area contributed by atoms with Crippen LogP contribution in [0.25, 0.3) is 0 Å². The molecule has 3 rings (SSSR count). The standard InChI is InChI=1S/C18H22N2O5/c1-18(2)13(14(18)17(23)24)16(22)20-11-8-9(4-7-12(11)25-3)15(21)19-10-5-6-10/h4,7-8,10,13-14H,5-6H2,1-3H3,(H,19,21)(H,20,22)(H,23,24)/t13-,14-/m0/s1. The highest BCUT2D eigenvalue weighted by atomic mass is 16.5. The molecule has 0 aliphatic heterocycles. The predicted octanol–water partition coefficient (Wildman–Crippen LogP) is 1.88. The zero-order valence-corrected chi connectivity index (χ0v) is 14.5. The van der Waals surface area contributed by atoms with Crippen molar-refractivity contribution in [1.29, 1.82) is 0 Å². The van der Waals surface area contributed by atoms with Gasteiger partial charge in [-0.2, -0.15) is 0 Å². The molecule has 7 nitrogen and oxygen atoms in total. The van der Waals surface area contributed by atoms with Gasteiger partial charge in [-0.3, -0.25) is 14.4 Å². The molecule has 0 radical (unpaired) electrons. The zero-order chi connectivity index (χ0) is 18.4. The number of nitrogens with one attached hydrogen (secondary N) is 2. The van der Waals surface area contributed by atoms with Crippen LogP contribution in [-0.4, -0.2) is 36.0 Å². The van der Waals surface area contributed by atoms with Crippen LogP contribution < -0.4 is 15.4 Å². The molecular formula is C18H22N2O5. The van der Waals surface area contributed by atoms with Crippen LogP contribution in [0.2, 0.25) is 0 Å². The van der Waals surface area contributed by atoms with E-state index >= 15 is 0 Å². The highest BCUT2D eigenvalue weighted by Gasteiger charge is 2.65. The molecule has 1 aromatic rings. The van der Waals surface area contributed by atoms with E-state index in [1.807, 2.05) is 0 Å². The summed E-state index contributed by atoms with van der Waals surface area (Å²) in [4.78, 5) is 36.0. The summed E-state index contributed by atoms with van der Waals surface area (Å²) in [5.41, 5.74) is 0.194. The van der Waals surface area contributed by atoms with Gasteiger partial charge in [-0.15, -0.1) is 0 Å². The Kier molecular flexibility index (Phi) is 4.18. The fourth-order valence-electron chi connectivity index (χ4n) is 3.24. The van der Waals surface area contributed by atoms with E-state index in [2.05, 4.69) is 10.6 Å². The first-order valence-electron chi connectivity index (χ1n) is 8.28. The molecule has 0 bridgehead atoms. The van der Waals surface area contributed by atoms with Gasteiger partial charge in [0.25, 0.3) is 5.91 Å². The maximum Gasteiger partial charge on any atom is 0.307 e. The lowest BCUT2D eigenvalue weighted by atomic mass is 10.1. The van der Waals surface area contributed by atoms with E-state index in [1.54, 1.807) is 32.0 Å². The molecule has 2 aliphatic rings. The molecule has 25 heavy (non-hydrogen) atoms. The van der Waals surface area contributed by atoms with E-state index < -0.39 is 23.2 Å². The van der Waals surface area contributed by atoms with E-state index in [0.29, 0.717) is 17.0 Å². The van der Waals surface area contributed by atoms with Gasteiger partial charge >= 0.3 is 5.97 Å². The monoisotopic (exact) mass is 346 g/mol. The van der Waals surface area contributed by atoms with Crippen molar-refractivity contribution in [3.63, 3.8) is 0 Å². The first-order chi connectivity index (χ1) is 11.8. The number of carbonyl (C=O) groups excluding carboxylic acids is 2. The van der Waals surface area contributed by atoms with Crippen LogP contribution in [0.4, 0.5) is 5.69 Å². The Morgan fingerprint density at radius 3 is 2.40 bits per heavy atom.